The fraction of sp³-hybridized carbons (Fsp3) is 0.545. The van der Waals surface area contributed by atoms with Crippen molar-refractivity contribution in [3.8, 4) is 0 Å². The van der Waals surface area contributed by atoms with Gasteiger partial charge in [-0.3, -0.25) is 4.79 Å². The van der Waals surface area contributed by atoms with E-state index in [-0.39, 0.29) is 11.6 Å². The molecule has 1 aromatic heterocycles. The maximum atomic E-state index is 11.6. The SMILES string of the molecule is CC(=O)CCCC(=O)[C@@H](N)Cc1ncc[nH]1. The van der Waals surface area contributed by atoms with Crippen molar-refractivity contribution < 1.29 is 9.59 Å². The van der Waals surface area contributed by atoms with Gasteiger partial charge in [-0.15, -0.1) is 0 Å². The van der Waals surface area contributed by atoms with Crippen LogP contribution in [0.4, 0.5) is 0 Å². The van der Waals surface area contributed by atoms with Crippen LogP contribution < -0.4 is 5.73 Å². The molecule has 0 saturated heterocycles. The Kier molecular flexibility index (Phi) is 4.85. The summed E-state index contributed by atoms with van der Waals surface area (Å²) in [5, 5.41) is 0. The normalized spacial score (nSPS) is 12.4. The molecule has 0 aliphatic carbocycles. The number of hydrogen-bond donors (Lipinski definition) is 2. The quantitative estimate of drug-likeness (QED) is 0.708. The van der Waals surface area contributed by atoms with Crippen molar-refractivity contribution in [3.05, 3.63) is 18.2 Å². The van der Waals surface area contributed by atoms with Crippen LogP contribution in [0.1, 0.15) is 32.0 Å². The summed E-state index contributed by atoms with van der Waals surface area (Å²) in [6, 6.07) is -0.530. The first-order valence-corrected chi connectivity index (χ1v) is 5.35. The molecule has 1 atom stereocenters. The van der Waals surface area contributed by atoms with E-state index in [4.69, 9.17) is 5.73 Å². The molecule has 0 bridgehead atoms. The largest absolute Gasteiger partial charge is 0.349 e. The number of ketones is 2. The highest BCUT2D eigenvalue weighted by molar-refractivity contribution is 5.84. The van der Waals surface area contributed by atoms with E-state index in [0.717, 1.165) is 0 Å². The van der Waals surface area contributed by atoms with E-state index in [1.165, 1.54) is 6.92 Å². The summed E-state index contributed by atoms with van der Waals surface area (Å²) in [7, 11) is 0. The average Bonchev–Trinajstić information content (AvgIpc) is 2.69. The molecule has 3 N–H and O–H groups in total. The number of hydrogen-bond acceptors (Lipinski definition) is 4. The van der Waals surface area contributed by atoms with Gasteiger partial charge in [0.2, 0.25) is 0 Å². The van der Waals surface area contributed by atoms with Gasteiger partial charge in [-0.05, 0) is 13.3 Å². The number of nitrogens with zero attached hydrogens (tertiary/aromatic N) is 1. The van der Waals surface area contributed by atoms with Crippen LogP contribution in [-0.4, -0.2) is 27.6 Å². The predicted molar refractivity (Wildman–Crippen MR) is 59.8 cm³/mol. The first-order chi connectivity index (χ1) is 7.59. The molecule has 1 heterocycles. The Bertz CT molecular complexity index is 346. The Morgan fingerprint density at radius 3 is 2.81 bits per heavy atom. The van der Waals surface area contributed by atoms with Crippen LogP contribution in [0.15, 0.2) is 12.4 Å². The zero-order valence-corrected chi connectivity index (χ0v) is 9.40. The van der Waals surface area contributed by atoms with Gasteiger partial charge >= 0.3 is 0 Å². The summed E-state index contributed by atoms with van der Waals surface area (Å²) in [5.41, 5.74) is 5.73. The number of nitrogens with one attached hydrogen (secondary N) is 1. The van der Waals surface area contributed by atoms with Crippen LogP contribution in [0.5, 0.6) is 0 Å². The number of rotatable bonds is 7. The highest BCUT2D eigenvalue weighted by atomic mass is 16.1. The molecule has 1 aromatic rings. The van der Waals surface area contributed by atoms with Gasteiger partial charge < -0.3 is 15.5 Å². The number of imidazole rings is 1. The van der Waals surface area contributed by atoms with Gasteiger partial charge in [0, 0.05) is 31.7 Å². The molecule has 0 unspecified atom stereocenters. The Morgan fingerprint density at radius 1 is 1.50 bits per heavy atom. The second-order valence-corrected chi connectivity index (χ2v) is 3.87. The smallest absolute Gasteiger partial charge is 0.149 e. The summed E-state index contributed by atoms with van der Waals surface area (Å²) in [5.74, 6) is 0.803. The van der Waals surface area contributed by atoms with E-state index in [1.54, 1.807) is 12.4 Å². The van der Waals surface area contributed by atoms with Gasteiger partial charge in [0.05, 0.1) is 6.04 Å². The number of aromatic amines is 1. The van der Waals surface area contributed by atoms with Crippen LogP contribution in [0.25, 0.3) is 0 Å². The summed E-state index contributed by atoms with van der Waals surface area (Å²) < 4.78 is 0. The van der Waals surface area contributed by atoms with Crippen LogP contribution in [0.2, 0.25) is 0 Å². The second-order valence-electron chi connectivity index (χ2n) is 3.87. The number of Topliss-reactive ketones (excluding diaryl/α,β-unsaturated/α-hetero) is 2. The topological polar surface area (TPSA) is 88.8 Å². The Morgan fingerprint density at radius 2 is 2.25 bits per heavy atom. The van der Waals surface area contributed by atoms with Crippen molar-refractivity contribution in [2.24, 2.45) is 5.73 Å². The van der Waals surface area contributed by atoms with E-state index >= 15 is 0 Å². The molecule has 0 saturated carbocycles. The Labute approximate surface area is 94.4 Å². The summed E-state index contributed by atoms with van der Waals surface area (Å²) >= 11 is 0. The van der Waals surface area contributed by atoms with Gasteiger partial charge in [-0.1, -0.05) is 0 Å². The highest BCUT2D eigenvalue weighted by Crippen LogP contribution is 2.03. The van der Waals surface area contributed by atoms with Gasteiger partial charge in [-0.2, -0.15) is 0 Å². The van der Waals surface area contributed by atoms with Gasteiger partial charge in [-0.25, -0.2) is 4.98 Å². The molecule has 0 aliphatic heterocycles. The lowest BCUT2D eigenvalue weighted by molar-refractivity contribution is -0.120. The maximum Gasteiger partial charge on any atom is 0.149 e. The monoisotopic (exact) mass is 223 g/mol. The number of H-pyrrole nitrogens is 1. The second kappa shape index (κ2) is 6.17. The maximum absolute atomic E-state index is 11.6. The molecule has 0 amide bonds. The van der Waals surface area contributed by atoms with Crippen LogP contribution in [-0.2, 0) is 16.0 Å². The van der Waals surface area contributed by atoms with Crippen molar-refractivity contribution in [2.75, 3.05) is 0 Å². The molecule has 88 valence electrons. The molecule has 0 spiro atoms. The molecular weight excluding hydrogens is 206 g/mol. The Hall–Kier alpha value is -1.49. The molecule has 0 radical (unpaired) electrons. The van der Waals surface area contributed by atoms with Crippen LogP contribution >= 0.6 is 0 Å². The van der Waals surface area contributed by atoms with Gasteiger partial charge in [0.1, 0.15) is 17.4 Å². The average molecular weight is 223 g/mol. The van der Waals surface area contributed by atoms with Crippen molar-refractivity contribution in [1.29, 1.82) is 0 Å². The number of aromatic nitrogens is 2. The molecule has 0 aromatic carbocycles. The highest BCUT2D eigenvalue weighted by Gasteiger charge is 2.14. The minimum absolute atomic E-state index is 0.0161. The zero-order valence-electron chi connectivity index (χ0n) is 9.40. The van der Waals surface area contributed by atoms with Crippen LogP contribution in [0.3, 0.4) is 0 Å². The summed E-state index contributed by atoms with van der Waals surface area (Å²) in [6.45, 7) is 1.52. The standard InChI is InChI=1S/C11H17N3O2/c1-8(15)3-2-4-10(16)9(12)7-11-13-5-6-14-11/h5-6,9H,2-4,7,12H2,1H3,(H,13,14)/t9-/m0/s1. The van der Waals surface area contributed by atoms with E-state index in [2.05, 4.69) is 9.97 Å². The molecule has 5 heteroatoms. The molecule has 1 rings (SSSR count). The van der Waals surface area contributed by atoms with Crippen molar-refractivity contribution in [1.82, 2.24) is 9.97 Å². The summed E-state index contributed by atoms with van der Waals surface area (Å²) in [4.78, 5) is 29.2. The zero-order chi connectivity index (χ0) is 12.0. The lowest BCUT2D eigenvalue weighted by Gasteiger charge is -2.08. The fourth-order valence-corrected chi connectivity index (χ4v) is 1.43. The van der Waals surface area contributed by atoms with Crippen molar-refractivity contribution in [3.63, 3.8) is 0 Å². The number of carbonyl (C=O) groups is 2. The van der Waals surface area contributed by atoms with E-state index in [1.807, 2.05) is 0 Å². The third-order valence-electron chi connectivity index (χ3n) is 2.33. The third-order valence-corrected chi connectivity index (χ3v) is 2.33. The molecule has 0 fully saturated rings. The van der Waals surface area contributed by atoms with E-state index < -0.39 is 6.04 Å². The van der Waals surface area contributed by atoms with Crippen molar-refractivity contribution >= 4 is 11.6 Å². The number of nitrogens with two attached hydrogens (primary N) is 1. The molecule has 16 heavy (non-hydrogen) atoms. The van der Waals surface area contributed by atoms with Crippen LogP contribution in [0, 0.1) is 0 Å². The predicted octanol–water partition coefficient (Wildman–Crippen LogP) is 0.608. The van der Waals surface area contributed by atoms with Gasteiger partial charge in [0.15, 0.2) is 0 Å². The minimum atomic E-state index is -0.530. The van der Waals surface area contributed by atoms with Gasteiger partial charge in [0.25, 0.3) is 0 Å². The first-order valence-electron chi connectivity index (χ1n) is 5.35. The minimum Gasteiger partial charge on any atom is -0.349 e. The van der Waals surface area contributed by atoms with Crippen molar-refractivity contribution in [2.45, 2.75) is 38.6 Å². The lowest BCUT2D eigenvalue weighted by Crippen LogP contribution is -2.33. The molecular formula is C11H17N3O2. The summed E-state index contributed by atoms with van der Waals surface area (Å²) in [6.07, 6.45) is 5.14. The first kappa shape index (κ1) is 12.6. The number of carbonyl (C=O) groups excluding carboxylic acids is 2. The Balaban J connectivity index is 2.28. The third kappa shape index (κ3) is 4.35. The lowest BCUT2D eigenvalue weighted by atomic mass is 10.0. The molecule has 5 nitrogen and oxygen atoms in total. The van der Waals surface area contributed by atoms with E-state index in [0.29, 0.717) is 31.5 Å². The molecule has 0 aliphatic rings. The van der Waals surface area contributed by atoms with E-state index in [9.17, 15) is 9.59 Å². The fourth-order valence-electron chi connectivity index (χ4n) is 1.43.